The zero-order valence-electron chi connectivity index (χ0n) is 12.1. The van der Waals surface area contributed by atoms with Gasteiger partial charge in [-0.25, -0.2) is 4.98 Å². The molecule has 2 atom stereocenters. The maximum Gasteiger partial charge on any atom is 0.0897 e. The fraction of sp³-hybridized carbons (Fsp3) is 0.800. The van der Waals surface area contributed by atoms with Crippen LogP contribution in [0.4, 0.5) is 0 Å². The Morgan fingerprint density at radius 2 is 2.25 bits per heavy atom. The highest BCUT2D eigenvalue weighted by Crippen LogP contribution is 2.38. The van der Waals surface area contributed by atoms with Crippen LogP contribution in [0.2, 0.25) is 0 Å². The summed E-state index contributed by atoms with van der Waals surface area (Å²) in [6.07, 6.45) is 5.09. The monoisotopic (exact) mass is 296 g/mol. The zero-order valence-corrected chi connectivity index (χ0v) is 13.0. The van der Waals surface area contributed by atoms with Crippen LogP contribution in [-0.4, -0.2) is 36.4 Å². The van der Waals surface area contributed by atoms with Gasteiger partial charge in [0.1, 0.15) is 0 Å². The number of hydrogen-bond acceptors (Lipinski definition) is 5. The molecule has 0 saturated carbocycles. The first-order valence-electron chi connectivity index (χ1n) is 7.55. The molecule has 0 aromatic carbocycles. The molecule has 2 N–H and O–H groups in total. The summed E-state index contributed by atoms with van der Waals surface area (Å²) in [6.45, 7) is 4.54. The van der Waals surface area contributed by atoms with Crippen LogP contribution in [-0.2, 0) is 15.9 Å². The Labute approximate surface area is 124 Å². The van der Waals surface area contributed by atoms with Crippen molar-refractivity contribution in [3.63, 3.8) is 0 Å². The normalized spacial score (nSPS) is 27.6. The van der Waals surface area contributed by atoms with E-state index in [1.807, 2.05) is 6.92 Å². The maximum atomic E-state index is 6.46. The van der Waals surface area contributed by atoms with Crippen LogP contribution in [0.1, 0.15) is 36.4 Å². The smallest absolute Gasteiger partial charge is 0.0897 e. The van der Waals surface area contributed by atoms with Crippen molar-refractivity contribution in [3.05, 3.63) is 16.1 Å². The molecule has 1 spiro atoms. The molecule has 3 heterocycles. The summed E-state index contributed by atoms with van der Waals surface area (Å²) in [5, 5.41) is 3.26. The van der Waals surface area contributed by atoms with Crippen molar-refractivity contribution in [2.24, 2.45) is 11.7 Å². The second-order valence-electron chi connectivity index (χ2n) is 6.12. The largest absolute Gasteiger partial charge is 0.381 e. The molecule has 3 rings (SSSR count). The molecule has 20 heavy (non-hydrogen) atoms. The van der Waals surface area contributed by atoms with Crippen molar-refractivity contribution >= 4 is 11.3 Å². The Bertz CT molecular complexity index is 437. The van der Waals surface area contributed by atoms with Gasteiger partial charge in [-0.05, 0) is 38.5 Å². The van der Waals surface area contributed by atoms with E-state index in [1.165, 1.54) is 0 Å². The van der Waals surface area contributed by atoms with Gasteiger partial charge in [0.15, 0.2) is 0 Å². The van der Waals surface area contributed by atoms with Crippen LogP contribution in [0.3, 0.4) is 0 Å². The van der Waals surface area contributed by atoms with E-state index >= 15 is 0 Å². The number of hydrogen-bond donors (Lipinski definition) is 1. The van der Waals surface area contributed by atoms with Gasteiger partial charge in [0, 0.05) is 37.7 Å². The molecule has 4 nitrogen and oxygen atoms in total. The van der Waals surface area contributed by atoms with Gasteiger partial charge in [0.05, 0.1) is 16.3 Å². The molecule has 2 aliphatic rings. The lowest BCUT2D eigenvalue weighted by Gasteiger charge is -2.44. The van der Waals surface area contributed by atoms with Gasteiger partial charge in [0.2, 0.25) is 0 Å². The predicted molar refractivity (Wildman–Crippen MR) is 80.0 cm³/mol. The summed E-state index contributed by atoms with van der Waals surface area (Å²) in [6, 6.07) is 0.195. The standard InChI is InChI=1S/C15H24N2O2S/c1-11-17-13(10-20-11)8-14(16)12-2-5-19-15(9-12)3-6-18-7-4-15/h10,12,14H,2-9,16H2,1H3. The van der Waals surface area contributed by atoms with Gasteiger partial charge < -0.3 is 15.2 Å². The summed E-state index contributed by atoms with van der Waals surface area (Å²) in [5.41, 5.74) is 7.64. The quantitative estimate of drug-likeness (QED) is 0.930. The van der Waals surface area contributed by atoms with Crippen LogP contribution >= 0.6 is 11.3 Å². The second-order valence-corrected chi connectivity index (χ2v) is 7.18. The van der Waals surface area contributed by atoms with Crippen molar-refractivity contribution in [2.75, 3.05) is 19.8 Å². The number of aryl methyl sites for hydroxylation is 1. The molecule has 2 aliphatic heterocycles. The van der Waals surface area contributed by atoms with Crippen molar-refractivity contribution in [1.29, 1.82) is 0 Å². The van der Waals surface area contributed by atoms with E-state index in [-0.39, 0.29) is 11.6 Å². The van der Waals surface area contributed by atoms with E-state index in [9.17, 15) is 0 Å². The van der Waals surface area contributed by atoms with Crippen LogP contribution in [0.15, 0.2) is 5.38 Å². The molecule has 2 unspecified atom stereocenters. The van der Waals surface area contributed by atoms with E-state index in [4.69, 9.17) is 15.2 Å². The maximum absolute atomic E-state index is 6.46. The summed E-state index contributed by atoms with van der Waals surface area (Å²) >= 11 is 1.71. The lowest BCUT2D eigenvalue weighted by molar-refractivity contribution is -0.149. The molecule has 5 heteroatoms. The van der Waals surface area contributed by atoms with E-state index in [2.05, 4.69) is 10.4 Å². The highest BCUT2D eigenvalue weighted by atomic mass is 32.1. The van der Waals surface area contributed by atoms with Gasteiger partial charge in [-0.3, -0.25) is 0 Å². The third kappa shape index (κ3) is 3.22. The molecule has 2 fully saturated rings. The van der Waals surface area contributed by atoms with Crippen molar-refractivity contribution < 1.29 is 9.47 Å². The van der Waals surface area contributed by atoms with Crippen LogP contribution < -0.4 is 5.73 Å². The van der Waals surface area contributed by atoms with Gasteiger partial charge >= 0.3 is 0 Å². The van der Waals surface area contributed by atoms with Gasteiger partial charge in [0.25, 0.3) is 0 Å². The summed E-state index contributed by atoms with van der Waals surface area (Å²) < 4.78 is 11.6. The van der Waals surface area contributed by atoms with Crippen LogP contribution in [0.25, 0.3) is 0 Å². The summed E-state index contributed by atoms with van der Waals surface area (Å²) in [5.74, 6) is 0.545. The zero-order chi connectivity index (χ0) is 14.0. The molecule has 1 aromatic heterocycles. The third-order valence-electron chi connectivity index (χ3n) is 4.65. The van der Waals surface area contributed by atoms with E-state index in [0.717, 1.165) is 62.6 Å². The fourth-order valence-corrected chi connectivity index (χ4v) is 4.06. The molecule has 0 aliphatic carbocycles. The molecule has 1 aromatic rings. The number of rotatable bonds is 3. The third-order valence-corrected chi connectivity index (χ3v) is 5.47. The number of nitrogens with two attached hydrogens (primary N) is 1. The second kappa shape index (κ2) is 6.10. The summed E-state index contributed by atoms with van der Waals surface area (Å²) in [7, 11) is 0. The molecule has 2 saturated heterocycles. The number of nitrogens with zero attached hydrogens (tertiary/aromatic N) is 1. The SMILES string of the molecule is Cc1nc(CC(N)C2CCOC3(CCOCC3)C2)cs1. The highest BCUT2D eigenvalue weighted by Gasteiger charge is 2.40. The molecule has 0 bridgehead atoms. The topological polar surface area (TPSA) is 57.4 Å². The van der Waals surface area contributed by atoms with Gasteiger partial charge in [-0.2, -0.15) is 0 Å². The Morgan fingerprint density at radius 1 is 1.45 bits per heavy atom. The van der Waals surface area contributed by atoms with Crippen LogP contribution in [0.5, 0.6) is 0 Å². The summed E-state index contributed by atoms with van der Waals surface area (Å²) in [4.78, 5) is 4.54. The molecule has 0 radical (unpaired) electrons. The molecule has 0 amide bonds. The first-order chi connectivity index (χ1) is 9.67. The Morgan fingerprint density at radius 3 is 2.95 bits per heavy atom. The van der Waals surface area contributed by atoms with Crippen molar-refractivity contribution in [3.8, 4) is 0 Å². The van der Waals surface area contributed by atoms with Gasteiger partial charge in [-0.15, -0.1) is 11.3 Å². The van der Waals surface area contributed by atoms with Gasteiger partial charge in [-0.1, -0.05) is 0 Å². The van der Waals surface area contributed by atoms with E-state index < -0.39 is 0 Å². The number of ether oxygens (including phenoxy) is 2. The first kappa shape index (κ1) is 14.4. The Kier molecular flexibility index (Phi) is 4.40. The fourth-order valence-electron chi connectivity index (χ4n) is 3.43. The minimum atomic E-state index is 0.0385. The van der Waals surface area contributed by atoms with E-state index in [0.29, 0.717) is 5.92 Å². The highest BCUT2D eigenvalue weighted by molar-refractivity contribution is 7.09. The van der Waals surface area contributed by atoms with Crippen molar-refractivity contribution in [1.82, 2.24) is 4.98 Å². The lowest BCUT2D eigenvalue weighted by atomic mass is 9.77. The average Bonchev–Trinajstić information content (AvgIpc) is 2.85. The predicted octanol–water partition coefficient (Wildman–Crippen LogP) is 2.30. The lowest BCUT2D eigenvalue weighted by Crippen LogP contribution is -2.48. The Hall–Kier alpha value is -0.490. The minimum Gasteiger partial charge on any atom is -0.381 e. The van der Waals surface area contributed by atoms with E-state index in [1.54, 1.807) is 11.3 Å². The number of thiazole rings is 1. The Balaban J connectivity index is 1.61. The first-order valence-corrected chi connectivity index (χ1v) is 8.43. The number of aromatic nitrogens is 1. The average molecular weight is 296 g/mol. The molecular weight excluding hydrogens is 272 g/mol. The molecule has 112 valence electrons. The molecular formula is C15H24N2O2S. The van der Waals surface area contributed by atoms with Crippen molar-refractivity contribution in [2.45, 2.75) is 50.7 Å². The van der Waals surface area contributed by atoms with Crippen LogP contribution in [0, 0.1) is 12.8 Å². The minimum absolute atomic E-state index is 0.0385.